The lowest BCUT2D eigenvalue weighted by Crippen LogP contribution is -2.23. The first kappa shape index (κ1) is 23.2. The van der Waals surface area contributed by atoms with E-state index < -0.39 is 9.84 Å². The predicted molar refractivity (Wildman–Crippen MR) is 129 cm³/mol. The van der Waals surface area contributed by atoms with Crippen LogP contribution in [0.2, 0.25) is 0 Å². The number of ether oxygens (including phenoxy) is 1. The highest BCUT2D eigenvalue weighted by molar-refractivity contribution is 7.90. The molecular formula is C25H22FN3O4S. The molecule has 0 atom stereocenters. The lowest BCUT2D eigenvalue weighted by Gasteiger charge is -2.11. The van der Waals surface area contributed by atoms with Gasteiger partial charge in [0.15, 0.2) is 9.84 Å². The highest BCUT2D eigenvalue weighted by atomic mass is 32.2. The number of hydrogen-bond acceptors (Lipinski definition) is 5. The van der Waals surface area contributed by atoms with E-state index in [2.05, 4.69) is 15.5 Å². The van der Waals surface area contributed by atoms with Crippen molar-refractivity contribution in [2.45, 2.75) is 11.4 Å². The van der Waals surface area contributed by atoms with Gasteiger partial charge in [-0.2, -0.15) is 5.10 Å². The summed E-state index contributed by atoms with van der Waals surface area (Å²) in [4.78, 5) is 13.2. The number of carbonyl (C=O) groups excluding carboxylic acids is 1. The van der Waals surface area contributed by atoms with Crippen molar-refractivity contribution in [2.75, 3.05) is 13.4 Å². The van der Waals surface area contributed by atoms with E-state index in [0.717, 1.165) is 17.4 Å². The summed E-state index contributed by atoms with van der Waals surface area (Å²) in [7, 11) is -1.80. The summed E-state index contributed by atoms with van der Waals surface area (Å²) < 4.78 is 41.9. The molecule has 1 heterocycles. The van der Waals surface area contributed by atoms with Crippen molar-refractivity contribution in [3.05, 3.63) is 88.9 Å². The summed E-state index contributed by atoms with van der Waals surface area (Å²) in [5.74, 6) is -0.290. The SMILES string of the molecule is COc1c(C(=O)NCc2ccc(S(C)(=O)=O)cc2)ccc2[nH]nc(/C=C/c3ccc(F)cc3)c12. The Morgan fingerprint density at radius 1 is 1.06 bits per heavy atom. The number of halogens is 1. The molecule has 0 saturated heterocycles. The van der Waals surface area contributed by atoms with Crippen LogP contribution in [0.4, 0.5) is 4.39 Å². The van der Waals surface area contributed by atoms with E-state index in [4.69, 9.17) is 4.74 Å². The van der Waals surface area contributed by atoms with Crippen LogP contribution in [0.5, 0.6) is 5.75 Å². The van der Waals surface area contributed by atoms with E-state index in [1.807, 2.05) is 0 Å². The van der Waals surface area contributed by atoms with Crippen molar-refractivity contribution in [1.29, 1.82) is 0 Å². The number of aromatic amines is 1. The van der Waals surface area contributed by atoms with Gasteiger partial charge in [0.1, 0.15) is 11.6 Å². The molecule has 4 aromatic rings. The summed E-state index contributed by atoms with van der Waals surface area (Å²) in [5.41, 5.74) is 3.16. The van der Waals surface area contributed by atoms with Crippen LogP contribution in [-0.4, -0.2) is 37.9 Å². The van der Waals surface area contributed by atoms with Crippen LogP contribution in [0, 0.1) is 5.82 Å². The second-order valence-electron chi connectivity index (χ2n) is 7.66. The maximum Gasteiger partial charge on any atom is 0.255 e. The van der Waals surface area contributed by atoms with Crippen LogP contribution in [0.25, 0.3) is 23.1 Å². The fourth-order valence-corrected chi connectivity index (χ4v) is 4.13. The van der Waals surface area contributed by atoms with Crippen molar-refractivity contribution in [3.8, 4) is 5.75 Å². The fraction of sp³-hybridized carbons (Fsp3) is 0.120. The Labute approximate surface area is 196 Å². The lowest BCUT2D eigenvalue weighted by molar-refractivity contribution is 0.0948. The second kappa shape index (κ2) is 9.48. The number of rotatable bonds is 7. The molecule has 0 radical (unpaired) electrons. The summed E-state index contributed by atoms with van der Waals surface area (Å²) in [6, 6.07) is 15.8. The van der Waals surface area contributed by atoms with E-state index in [1.165, 1.54) is 31.4 Å². The number of methoxy groups -OCH3 is 1. The predicted octanol–water partition coefficient (Wildman–Crippen LogP) is 4.21. The molecule has 0 fully saturated rings. The van der Waals surface area contributed by atoms with Gasteiger partial charge in [0.05, 0.1) is 34.2 Å². The van der Waals surface area contributed by atoms with Crippen LogP contribution in [0.1, 0.15) is 27.2 Å². The Morgan fingerprint density at radius 2 is 1.76 bits per heavy atom. The molecule has 0 saturated carbocycles. The Balaban J connectivity index is 1.58. The highest BCUT2D eigenvalue weighted by Gasteiger charge is 2.19. The first-order valence-electron chi connectivity index (χ1n) is 10.3. The van der Waals surface area contributed by atoms with E-state index in [-0.39, 0.29) is 23.2 Å². The van der Waals surface area contributed by atoms with E-state index in [1.54, 1.807) is 48.6 Å². The molecule has 0 aliphatic heterocycles. The Hall–Kier alpha value is -3.98. The van der Waals surface area contributed by atoms with Crippen molar-refractivity contribution in [2.24, 2.45) is 0 Å². The molecule has 0 bridgehead atoms. The van der Waals surface area contributed by atoms with Crippen molar-refractivity contribution >= 4 is 38.8 Å². The van der Waals surface area contributed by atoms with E-state index in [9.17, 15) is 17.6 Å². The summed E-state index contributed by atoms with van der Waals surface area (Å²) >= 11 is 0. The standard InChI is InChI=1S/C25H22FN3O4S/c1-33-24-20(25(30)27-15-17-5-10-19(11-6-17)34(2,31)32)12-14-22-23(24)21(28-29-22)13-7-16-3-8-18(26)9-4-16/h3-14H,15H2,1-2H3,(H,27,30)(H,28,29)/b13-7+. The third-order valence-electron chi connectivity index (χ3n) is 5.27. The topological polar surface area (TPSA) is 101 Å². The quantitative estimate of drug-likeness (QED) is 0.413. The zero-order valence-corrected chi connectivity index (χ0v) is 19.3. The minimum Gasteiger partial charge on any atom is -0.495 e. The number of nitrogens with zero attached hydrogens (tertiary/aromatic N) is 1. The second-order valence-corrected chi connectivity index (χ2v) is 9.68. The van der Waals surface area contributed by atoms with Gasteiger partial charge in [-0.15, -0.1) is 0 Å². The number of carbonyl (C=O) groups is 1. The molecule has 4 rings (SSSR count). The molecule has 2 N–H and O–H groups in total. The largest absolute Gasteiger partial charge is 0.495 e. The number of sulfone groups is 1. The zero-order valence-electron chi connectivity index (χ0n) is 18.5. The molecular weight excluding hydrogens is 457 g/mol. The van der Waals surface area contributed by atoms with Gasteiger partial charge in [0.25, 0.3) is 5.91 Å². The minimum atomic E-state index is -3.28. The third-order valence-corrected chi connectivity index (χ3v) is 6.40. The van der Waals surface area contributed by atoms with Crippen molar-refractivity contribution in [3.63, 3.8) is 0 Å². The molecule has 174 valence electrons. The molecule has 0 aliphatic rings. The fourth-order valence-electron chi connectivity index (χ4n) is 3.50. The van der Waals surface area contributed by atoms with E-state index in [0.29, 0.717) is 27.9 Å². The molecule has 7 nitrogen and oxygen atoms in total. The molecule has 9 heteroatoms. The normalized spacial score (nSPS) is 11.7. The monoisotopic (exact) mass is 479 g/mol. The van der Waals surface area contributed by atoms with Gasteiger partial charge >= 0.3 is 0 Å². The van der Waals surface area contributed by atoms with Crippen LogP contribution < -0.4 is 10.1 Å². The Bertz CT molecular complexity index is 1480. The average molecular weight is 480 g/mol. The van der Waals surface area contributed by atoms with Crippen LogP contribution in [0.3, 0.4) is 0 Å². The van der Waals surface area contributed by atoms with Crippen molar-refractivity contribution < 1.29 is 22.3 Å². The van der Waals surface area contributed by atoms with Crippen molar-refractivity contribution in [1.82, 2.24) is 15.5 Å². The number of hydrogen-bond donors (Lipinski definition) is 2. The molecule has 1 aromatic heterocycles. The Morgan fingerprint density at radius 3 is 2.41 bits per heavy atom. The summed E-state index contributed by atoms with van der Waals surface area (Å²) in [6.45, 7) is 0.215. The maximum absolute atomic E-state index is 13.1. The molecule has 34 heavy (non-hydrogen) atoms. The van der Waals surface area contributed by atoms with Gasteiger partial charge in [0.2, 0.25) is 0 Å². The highest BCUT2D eigenvalue weighted by Crippen LogP contribution is 2.32. The van der Waals surface area contributed by atoms with Gasteiger partial charge in [-0.3, -0.25) is 9.89 Å². The zero-order chi connectivity index (χ0) is 24.3. The number of fused-ring (bicyclic) bond motifs is 1. The number of amides is 1. The molecule has 1 amide bonds. The number of aromatic nitrogens is 2. The third kappa shape index (κ3) is 4.99. The van der Waals surface area contributed by atoms with E-state index >= 15 is 0 Å². The lowest BCUT2D eigenvalue weighted by atomic mass is 10.1. The molecule has 0 unspecified atom stereocenters. The number of nitrogens with one attached hydrogen (secondary N) is 2. The average Bonchev–Trinajstić information content (AvgIpc) is 3.24. The molecule has 3 aromatic carbocycles. The minimum absolute atomic E-state index is 0.215. The number of H-pyrrole nitrogens is 1. The first-order valence-corrected chi connectivity index (χ1v) is 12.2. The van der Waals surface area contributed by atoms with Gasteiger partial charge < -0.3 is 10.1 Å². The Kier molecular flexibility index (Phi) is 6.47. The van der Waals surface area contributed by atoms with Crippen LogP contribution >= 0.6 is 0 Å². The maximum atomic E-state index is 13.1. The summed E-state index contributed by atoms with van der Waals surface area (Å²) in [5, 5.41) is 10.7. The smallest absolute Gasteiger partial charge is 0.255 e. The van der Waals surface area contributed by atoms with Gasteiger partial charge in [0, 0.05) is 12.8 Å². The first-order chi connectivity index (χ1) is 16.3. The molecule has 0 aliphatic carbocycles. The van der Waals surface area contributed by atoms with Crippen LogP contribution in [-0.2, 0) is 16.4 Å². The van der Waals surface area contributed by atoms with Gasteiger partial charge in [-0.05, 0) is 53.6 Å². The van der Waals surface area contributed by atoms with Gasteiger partial charge in [-0.25, -0.2) is 12.8 Å². The molecule has 0 spiro atoms. The van der Waals surface area contributed by atoms with Crippen LogP contribution in [0.15, 0.2) is 65.6 Å². The summed E-state index contributed by atoms with van der Waals surface area (Å²) in [6.07, 6.45) is 4.70. The number of benzene rings is 3. The van der Waals surface area contributed by atoms with Gasteiger partial charge in [-0.1, -0.05) is 30.3 Å².